The molecule has 20 heavy (non-hydrogen) atoms. The van der Waals surface area contributed by atoms with Crippen LogP contribution in [0.1, 0.15) is 17.2 Å². The highest BCUT2D eigenvalue weighted by molar-refractivity contribution is 5.75. The summed E-state index contributed by atoms with van der Waals surface area (Å²) < 4.78 is 26.6. The van der Waals surface area contributed by atoms with Crippen molar-refractivity contribution < 1.29 is 18.7 Å². The van der Waals surface area contributed by atoms with Crippen molar-refractivity contribution >= 4 is 5.97 Å². The molecule has 0 saturated heterocycles. The van der Waals surface area contributed by atoms with Gasteiger partial charge in [-0.1, -0.05) is 42.5 Å². The van der Waals surface area contributed by atoms with Gasteiger partial charge in [0.15, 0.2) is 11.6 Å². The summed E-state index contributed by atoms with van der Waals surface area (Å²) in [5.74, 6) is -2.99. The number of nitrogens with one attached hydrogen (secondary N) is 1. The minimum atomic E-state index is -1.08. The maximum atomic E-state index is 13.5. The first kappa shape index (κ1) is 14.1. The lowest BCUT2D eigenvalue weighted by Crippen LogP contribution is -2.28. The number of carboxylic acid groups (broad SMARTS) is 1. The molecule has 2 N–H and O–H groups in total. The van der Waals surface area contributed by atoms with Crippen molar-refractivity contribution in [1.29, 1.82) is 0 Å². The molecule has 0 amide bonds. The molecule has 0 saturated carbocycles. The van der Waals surface area contributed by atoms with Gasteiger partial charge in [-0.2, -0.15) is 0 Å². The maximum Gasteiger partial charge on any atom is 0.325 e. The molecule has 0 aliphatic heterocycles. The van der Waals surface area contributed by atoms with Gasteiger partial charge >= 0.3 is 5.97 Å². The summed E-state index contributed by atoms with van der Waals surface area (Å²) in [5, 5.41) is 11.9. The summed E-state index contributed by atoms with van der Waals surface area (Å²) in [7, 11) is 0. The quantitative estimate of drug-likeness (QED) is 0.883. The van der Waals surface area contributed by atoms with Crippen molar-refractivity contribution in [1.82, 2.24) is 5.32 Å². The average molecular weight is 277 g/mol. The highest BCUT2D eigenvalue weighted by Gasteiger charge is 2.19. The Morgan fingerprint density at radius 2 is 1.80 bits per heavy atom. The predicted octanol–water partition coefficient (Wildman–Crippen LogP) is 2.88. The Balaban J connectivity index is 2.14. The van der Waals surface area contributed by atoms with E-state index in [4.69, 9.17) is 0 Å². The molecule has 0 aliphatic carbocycles. The number of benzene rings is 2. The minimum absolute atomic E-state index is 0.0740. The SMILES string of the molecule is O=C(O)C(NCc1cccc(F)c1F)c1ccccc1. The van der Waals surface area contributed by atoms with Crippen molar-refractivity contribution in [2.45, 2.75) is 12.6 Å². The Morgan fingerprint density at radius 1 is 1.10 bits per heavy atom. The highest BCUT2D eigenvalue weighted by atomic mass is 19.2. The number of aliphatic carboxylic acids is 1. The highest BCUT2D eigenvalue weighted by Crippen LogP contribution is 2.16. The van der Waals surface area contributed by atoms with Gasteiger partial charge in [0.1, 0.15) is 6.04 Å². The van der Waals surface area contributed by atoms with Crippen LogP contribution in [0.4, 0.5) is 8.78 Å². The van der Waals surface area contributed by atoms with Gasteiger partial charge in [0.2, 0.25) is 0 Å². The van der Waals surface area contributed by atoms with Crippen LogP contribution in [0.2, 0.25) is 0 Å². The summed E-state index contributed by atoms with van der Waals surface area (Å²) in [6, 6.07) is 11.4. The first-order chi connectivity index (χ1) is 9.59. The van der Waals surface area contributed by atoms with E-state index in [1.165, 1.54) is 12.1 Å². The molecule has 0 spiro atoms. The van der Waals surface area contributed by atoms with E-state index >= 15 is 0 Å². The van der Waals surface area contributed by atoms with Crippen molar-refractivity contribution in [2.75, 3.05) is 0 Å². The molecular formula is C15H13F2NO2. The average Bonchev–Trinajstić information content (AvgIpc) is 2.44. The first-order valence-electron chi connectivity index (χ1n) is 6.03. The molecular weight excluding hydrogens is 264 g/mol. The van der Waals surface area contributed by atoms with Crippen LogP contribution in [-0.4, -0.2) is 11.1 Å². The second kappa shape index (κ2) is 6.25. The third-order valence-corrected chi connectivity index (χ3v) is 2.91. The van der Waals surface area contributed by atoms with E-state index in [1.807, 2.05) is 0 Å². The summed E-state index contributed by atoms with van der Waals surface area (Å²) in [4.78, 5) is 11.2. The van der Waals surface area contributed by atoms with Gasteiger partial charge in [0.05, 0.1) is 0 Å². The third kappa shape index (κ3) is 3.19. The number of carbonyl (C=O) groups is 1. The lowest BCUT2D eigenvalue weighted by molar-refractivity contribution is -0.139. The van der Waals surface area contributed by atoms with Gasteiger partial charge in [0.25, 0.3) is 0 Å². The molecule has 1 unspecified atom stereocenters. The van der Waals surface area contributed by atoms with Gasteiger partial charge in [0, 0.05) is 12.1 Å². The van der Waals surface area contributed by atoms with E-state index in [0.717, 1.165) is 6.07 Å². The molecule has 2 rings (SSSR count). The zero-order valence-corrected chi connectivity index (χ0v) is 10.5. The van der Waals surface area contributed by atoms with Crippen LogP contribution in [0.15, 0.2) is 48.5 Å². The molecule has 2 aromatic rings. The number of hydrogen-bond acceptors (Lipinski definition) is 2. The Hall–Kier alpha value is -2.27. The van der Waals surface area contributed by atoms with Gasteiger partial charge in [-0.25, -0.2) is 8.78 Å². The zero-order chi connectivity index (χ0) is 14.5. The lowest BCUT2D eigenvalue weighted by atomic mass is 10.1. The fourth-order valence-electron chi connectivity index (χ4n) is 1.89. The van der Waals surface area contributed by atoms with Crippen LogP contribution in [0, 0.1) is 11.6 Å². The molecule has 0 aliphatic rings. The van der Waals surface area contributed by atoms with Crippen LogP contribution in [-0.2, 0) is 11.3 Å². The summed E-state index contributed by atoms with van der Waals surface area (Å²) in [5.41, 5.74) is 0.643. The topological polar surface area (TPSA) is 49.3 Å². The molecule has 5 heteroatoms. The van der Waals surface area contributed by atoms with Gasteiger partial charge in [-0.05, 0) is 11.6 Å². The monoisotopic (exact) mass is 277 g/mol. The van der Waals surface area contributed by atoms with Gasteiger partial charge in [-0.3, -0.25) is 10.1 Å². The van der Waals surface area contributed by atoms with Crippen LogP contribution >= 0.6 is 0 Å². The number of halogens is 2. The Kier molecular flexibility index (Phi) is 4.42. The molecule has 0 fully saturated rings. The lowest BCUT2D eigenvalue weighted by Gasteiger charge is -2.15. The van der Waals surface area contributed by atoms with E-state index in [2.05, 4.69) is 5.32 Å². The maximum absolute atomic E-state index is 13.5. The van der Waals surface area contributed by atoms with Gasteiger partial charge < -0.3 is 5.11 Å². The normalized spacial score (nSPS) is 12.1. The molecule has 0 aromatic heterocycles. The number of rotatable bonds is 5. The number of carboxylic acids is 1. The van der Waals surface area contributed by atoms with Crippen LogP contribution in [0.5, 0.6) is 0 Å². The van der Waals surface area contributed by atoms with Crippen molar-refractivity contribution in [2.24, 2.45) is 0 Å². The summed E-state index contributed by atoms with van der Waals surface area (Å²) in [6.45, 7) is -0.0740. The molecule has 0 radical (unpaired) electrons. The minimum Gasteiger partial charge on any atom is -0.480 e. The first-order valence-corrected chi connectivity index (χ1v) is 6.03. The fourth-order valence-corrected chi connectivity index (χ4v) is 1.89. The van der Waals surface area contributed by atoms with Crippen molar-refractivity contribution in [3.8, 4) is 0 Å². The number of hydrogen-bond donors (Lipinski definition) is 2. The van der Waals surface area contributed by atoms with Crippen molar-refractivity contribution in [3.63, 3.8) is 0 Å². The fraction of sp³-hybridized carbons (Fsp3) is 0.133. The van der Waals surface area contributed by atoms with E-state index in [1.54, 1.807) is 30.3 Å². The molecule has 2 aromatic carbocycles. The molecule has 104 valence electrons. The standard InChI is InChI=1S/C15H13F2NO2/c16-12-8-4-7-11(13(12)17)9-18-14(15(19)20)10-5-2-1-3-6-10/h1-8,14,18H,9H2,(H,19,20). The zero-order valence-electron chi connectivity index (χ0n) is 10.5. The second-order valence-electron chi connectivity index (χ2n) is 4.28. The van der Waals surface area contributed by atoms with E-state index in [9.17, 15) is 18.7 Å². The smallest absolute Gasteiger partial charge is 0.325 e. The predicted molar refractivity (Wildman–Crippen MR) is 70.0 cm³/mol. The van der Waals surface area contributed by atoms with E-state index in [-0.39, 0.29) is 12.1 Å². The Labute approximate surface area is 114 Å². The van der Waals surface area contributed by atoms with E-state index in [0.29, 0.717) is 5.56 Å². The van der Waals surface area contributed by atoms with Crippen LogP contribution in [0.25, 0.3) is 0 Å². The second-order valence-corrected chi connectivity index (χ2v) is 4.28. The molecule has 3 nitrogen and oxygen atoms in total. The molecule has 0 heterocycles. The summed E-state index contributed by atoms with van der Waals surface area (Å²) in [6.07, 6.45) is 0. The van der Waals surface area contributed by atoms with Crippen LogP contribution in [0.3, 0.4) is 0 Å². The Bertz CT molecular complexity index is 602. The summed E-state index contributed by atoms with van der Waals surface area (Å²) >= 11 is 0. The molecule has 1 atom stereocenters. The molecule has 0 bridgehead atoms. The van der Waals surface area contributed by atoms with Crippen LogP contribution < -0.4 is 5.32 Å². The van der Waals surface area contributed by atoms with Gasteiger partial charge in [-0.15, -0.1) is 0 Å². The Morgan fingerprint density at radius 3 is 2.45 bits per heavy atom. The largest absolute Gasteiger partial charge is 0.480 e. The van der Waals surface area contributed by atoms with E-state index < -0.39 is 23.6 Å². The van der Waals surface area contributed by atoms with Crippen molar-refractivity contribution in [3.05, 3.63) is 71.3 Å². The third-order valence-electron chi connectivity index (χ3n) is 2.91.